The van der Waals surface area contributed by atoms with E-state index in [1.54, 1.807) is 38.9 Å². The molecule has 226 valence electrons. The van der Waals surface area contributed by atoms with E-state index in [9.17, 15) is 16.8 Å². The second-order valence-corrected chi connectivity index (χ2v) is 16.4. The maximum Gasteiger partial charge on any atom is 0.243 e. The van der Waals surface area contributed by atoms with Crippen LogP contribution in [0, 0.1) is 5.41 Å². The molecule has 3 saturated heterocycles. The van der Waals surface area contributed by atoms with Crippen LogP contribution in [0.15, 0.2) is 65.8 Å². The van der Waals surface area contributed by atoms with Gasteiger partial charge in [0.1, 0.15) is 0 Å². The number of hydrogen-bond donors (Lipinski definition) is 0. The number of aromatic nitrogens is 1. The van der Waals surface area contributed by atoms with Gasteiger partial charge in [-0.05, 0) is 81.0 Å². The van der Waals surface area contributed by atoms with Crippen LogP contribution in [-0.2, 0) is 20.0 Å². The first-order valence-electron chi connectivity index (χ1n) is 15.0. The lowest BCUT2D eigenvalue weighted by Crippen LogP contribution is -2.48. The predicted molar refractivity (Wildman–Crippen MR) is 168 cm³/mol. The van der Waals surface area contributed by atoms with Gasteiger partial charge in [-0.3, -0.25) is 4.98 Å². The first-order valence-corrected chi connectivity index (χ1v) is 18.4. The maximum absolute atomic E-state index is 13.8. The topological polar surface area (TPSA) is 90.9 Å². The zero-order valence-electron chi connectivity index (χ0n) is 23.9. The Balaban J connectivity index is 1.03. The molecule has 3 aliphatic rings. The van der Waals surface area contributed by atoms with Crippen LogP contribution in [0.4, 0.5) is 5.69 Å². The number of anilines is 1. The van der Waals surface area contributed by atoms with Gasteiger partial charge in [-0.1, -0.05) is 35.9 Å². The molecule has 8 nitrogen and oxygen atoms in total. The molecule has 3 aliphatic heterocycles. The van der Waals surface area contributed by atoms with E-state index in [1.807, 2.05) is 30.6 Å². The first-order chi connectivity index (χ1) is 20.2. The molecule has 1 atom stereocenters. The number of sulfonamides is 2. The molecule has 0 N–H and O–H groups in total. The summed E-state index contributed by atoms with van der Waals surface area (Å²) >= 11 is 6.34. The quantitative estimate of drug-likeness (QED) is 0.325. The fraction of sp³-hybridized carbons (Fsp3) is 0.516. The predicted octanol–water partition coefficient (Wildman–Crippen LogP) is 5.53. The number of pyridine rings is 1. The average Bonchev–Trinajstić information content (AvgIpc) is 3.48. The first kappa shape index (κ1) is 29.8. The van der Waals surface area contributed by atoms with Gasteiger partial charge in [0.2, 0.25) is 20.0 Å². The van der Waals surface area contributed by atoms with E-state index in [0.717, 1.165) is 51.6 Å². The van der Waals surface area contributed by atoms with Crippen molar-refractivity contribution in [3.05, 3.63) is 65.9 Å². The fourth-order valence-corrected chi connectivity index (χ4v) is 10.9. The highest BCUT2D eigenvalue weighted by Gasteiger charge is 2.41. The molecule has 4 heterocycles. The standard InChI is InChI=1S/C31H39ClN4O4S2/c32-29-9-1-8-28-27(29)7-2-10-30(28)42(39,40)36-19-3-5-26(36)6-4-24-41(37,38)35-22-15-31(16-23-35)13-20-34(21-14-31)25-11-17-33-18-12-25/h1-2,7-12,17-18,26H,3-6,13-16,19-24H2. The molecule has 2 aromatic carbocycles. The lowest BCUT2D eigenvalue weighted by Gasteiger charge is -2.47. The summed E-state index contributed by atoms with van der Waals surface area (Å²) in [5, 5.41) is 1.85. The highest BCUT2D eigenvalue weighted by Crippen LogP contribution is 2.43. The van der Waals surface area contributed by atoms with Crippen LogP contribution in [0.3, 0.4) is 0 Å². The molecule has 0 radical (unpaired) electrons. The minimum Gasteiger partial charge on any atom is -0.371 e. The summed E-state index contributed by atoms with van der Waals surface area (Å²) in [7, 11) is -7.14. The SMILES string of the molecule is O=S(=O)(CCCC1CCCN1S(=O)(=O)c1cccc2c(Cl)cccc12)N1CCC2(CCN(c3ccncc3)CC2)CC1. The summed E-state index contributed by atoms with van der Waals surface area (Å²) in [6.45, 7) is 3.58. The van der Waals surface area contributed by atoms with Gasteiger partial charge in [0.05, 0.1) is 10.6 Å². The van der Waals surface area contributed by atoms with E-state index >= 15 is 0 Å². The summed E-state index contributed by atoms with van der Waals surface area (Å²) in [5.74, 6) is 0.0596. The third-order valence-electron chi connectivity index (χ3n) is 9.71. The second kappa shape index (κ2) is 12.0. The summed E-state index contributed by atoms with van der Waals surface area (Å²) in [4.78, 5) is 6.78. The van der Waals surface area contributed by atoms with Gasteiger partial charge >= 0.3 is 0 Å². The van der Waals surface area contributed by atoms with Gasteiger partial charge < -0.3 is 4.90 Å². The largest absolute Gasteiger partial charge is 0.371 e. The summed E-state index contributed by atoms with van der Waals surface area (Å²) in [6.07, 6.45) is 10.1. The number of halogens is 1. The molecule has 1 spiro atoms. The van der Waals surface area contributed by atoms with Crippen LogP contribution in [0.25, 0.3) is 10.8 Å². The Hall–Kier alpha value is -2.24. The molecule has 3 fully saturated rings. The van der Waals surface area contributed by atoms with E-state index in [1.165, 1.54) is 5.69 Å². The van der Waals surface area contributed by atoms with Gasteiger partial charge in [0, 0.05) is 72.6 Å². The van der Waals surface area contributed by atoms with Crippen molar-refractivity contribution in [2.75, 3.05) is 43.4 Å². The van der Waals surface area contributed by atoms with E-state index in [2.05, 4.69) is 9.88 Å². The number of rotatable bonds is 8. The third-order valence-corrected chi connectivity index (χ3v) is 14.0. The monoisotopic (exact) mass is 630 g/mol. The minimum absolute atomic E-state index is 0.0596. The Labute approximate surface area is 254 Å². The Morgan fingerprint density at radius 1 is 0.833 bits per heavy atom. The number of fused-ring (bicyclic) bond motifs is 1. The molecule has 0 bridgehead atoms. The smallest absolute Gasteiger partial charge is 0.243 e. The number of hydrogen-bond acceptors (Lipinski definition) is 6. The molecule has 1 unspecified atom stereocenters. The van der Waals surface area contributed by atoms with E-state index in [-0.39, 0.29) is 22.1 Å². The molecule has 42 heavy (non-hydrogen) atoms. The lowest BCUT2D eigenvalue weighted by atomic mass is 9.71. The zero-order chi connectivity index (χ0) is 29.4. The Kier molecular flexibility index (Phi) is 8.54. The van der Waals surface area contributed by atoms with E-state index < -0.39 is 20.0 Å². The molecule has 3 aromatic rings. The van der Waals surface area contributed by atoms with Gasteiger partial charge in [-0.25, -0.2) is 21.1 Å². The van der Waals surface area contributed by atoms with E-state index in [4.69, 9.17) is 11.6 Å². The normalized spacial score (nSPS) is 22.2. The third kappa shape index (κ3) is 5.93. The van der Waals surface area contributed by atoms with Crippen molar-refractivity contribution < 1.29 is 16.8 Å². The van der Waals surface area contributed by atoms with Crippen molar-refractivity contribution in [1.82, 2.24) is 13.6 Å². The van der Waals surface area contributed by atoms with Crippen LogP contribution in [0.1, 0.15) is 51.4 Å². The molecule has 1 aromatic heterocycles. The minimum atomic E-state index is -3.75. The fourth-order valence-electron chi connectivity index (χ4n) is 7.17. The van der Waals surface area contributed by atoms with Crippen molar-refractivity contribution >= 4 is 48.1 Å². The molecule has 0 saturated carbocycles. The van der Waals surface area contributed by atoms with Crippen LogP contribution < -0.4 is 4.90 Å². The average molecular weight is 631 g/mol. The van der Waals surface area contributed by atoms with Crippen LogP contribution in [0.5, 0.6) is 0 Å². The van der Waals surface area contributed by atoms with Crippen molar-refractivity contribution in [2.24, 2.45) is 5.41 Å². The van der Waals surface area contributed by atoms with Crippen molar-refractivity contribution in [3.63, 3.8) is 0 Å². The van der Waals surface area contributed by atoms with Crippen LogP contribution in [0.2, 0.25) is 5.02 Å². The van der Waals surface area contributed by atoms with Gasteiger partial charge in [-0.15, -0.1) is 0 Å². The highest BCUT2D eigenvalue weighted by molar-refractivity contribution is 7.89. The van der Waals surface area contributed by atoms with E-state index in [0.29, 0.717) is 48.3 Å². The van der Waals surface area contributed by atoms with Gasteiger partial charge in [0.15, 0.2) is 0 Å². The maximum atomic E-state index is 13.8. The summed E-state index contributed by atoms with van der Waals surface area (Å²) < 4.78 is 57.4. The van der Waals surface area contributed by atoms with Gasteiger partial charge in [0.25, 0.3) is 0 Å². The van der Waals surface area contributed by atoms with Crippen molar-refractivity contribution in [2.45, 2.75) is 62.3 Å². The van der Waals surface area contributed by atoms with Crippen LogP contribution >= 0.6 is 11.6 Å². The zero-order valence-corrected chi connectivity index (χ0v) is 26.3. The lowest BCUT2D eigenvalue weighted by molar-refractivity contribution is 0.119. The molecule has 11 heteroatoms. The Morgan fingerprint density at radius 2 is 1.50 bits per heavy atom. The second-order valence-electron chi connectivity index (χ2n) is 12.1. The van der Waals surface area contributed by atoms with Crippen LogP contribution in [-0.4, -0.2) is 74.9 Å². The highest BCUT2D eigenvalue weighted by atomic mass is 35.5. The summed E-state index contributed by atoms with van der Waals surface area (Å²) in [6, 6.07) is 14.4. The van der Waals surface area contributed by atoms with Crippen molar-refractivity contribution in [1.29, 1.82) is 0 Å². The van der Waals surface area contributed by atoms with Gasteiger partial charge in [-0.2, -0.15) is 4.31 Å². The number of nitrogens with zero attached hydrogens (tertiary/aromatic N) is 4. The number of piperidine rings is 2. The molecular weight excluding hydrogens is 592 g/mol. The molecule has 0 amide bonds. The Morgan fingerprint density at radius 3 is 2.24 bits per heavy atom. The number of benzene rings is 2. The summed E-state index contributed by atoms with van der Waals surface area (Å²) in [5.41, 5.74) is 1.43. The Bertz CT molecular complexity index is 1620. The molecular formula is C31H39ClN4O4S2. The molecule has 0 aliphatic carbocycles. The molecule has 6 rings (SSSR count). The van der Waals surface area contributed by atoms with Crippen molar-refractivity contribution in [3.8, 4) is 0 Å².